The fraction of sp³-hybridized carbons (Fsp3) is 0.500. The van der Waals surface area contributed by atoms with Crippen molar-refractivity contribution in [1.29, 1.82) is 0 Å². The molecule has 1 aliphatic carbocycles. The lowest BCUT2D eigenvalue weighted by Crippen LogP contribution is -2.25. The smallest absolute Gasteiger partial charge is 0.226 e. The van der Waals surface area contributed by atoms with Crippen molar-refractivity contribution in [3.8, 4) is 17.2 Å². The van der Waals surface area contributed by atoms with Crippen LogP contribution in [0.2, 0.25) is 0 Å². The van der Waals surface area contributed by atoms with E-state index in [-0.39, 0.29) is 11.8 Å². The van der Waals surface area contributed by atoms with E-state index < -0.39 is 0 Å². The number of carbonyl (C=O) groups is 1. The van der Waals surface area contributed by atoms with Gasteiger partial charge in [0.05, 0.1) is 26.0 Å². The summed E-state index contributed by atoms with van der Waals surface area (Å²) in [7, 11) is 3.54. The lowest BCUT2D eigenvalue weighted by atomic mass is 9.84. The summed E-state index contributed by atoms with van der Waals surface area (Å²) in [5, 5.41) is 7.73. The van der Waals surface area contributed by atoms with Gasteiger partial charge in [-0.25, -0.2) is 0 Å². The van der Waals surface area contributed by atoms with Crippen LogP contribution >= 0.6 is 0 Å². The molecule has 1 fully saturated rings. The first-order valence-electron chi connectivity index (χ1n) is 9.50. The summed E-state index contributed by atoms with van der Waals surface area (Å²) in [5.41, 5.74) is 3.17. The molecular formula is C20H23N3O4. The first-order chi connectivity index (χ1) is 13.2. The number of benzene rings is 1. The number of aryl methyl sites for hydroxylation is 1. The molecule has 1 aromatic heterocycles. The van der Waals surface area contributed by atoms with E-state index in [1.807, 2.05) is 19.2 Å². The average molecular weight is 369 g/mol. The molecule has 1 atom stereocenters. The number of ether oxygens (including phenoxy) is 3. The molecule has 7 nitrogen and oxygen atoms in total. The minimum absolute atomic E-state index is 0.00740. The Morgan fingerprint density at radius 2 is 1.96 bits per heavy atom. The third-order valence-electron chi connectivity index (χ3n) is 5.55. The number of rotatable bonds is 3. The Bertz CT molecular complexity index is 916. The molecule has 3 heterocycles. The molecule has 3 aliphatic rings. The Labute approximate surface area is 157 Å². The minimum atomic E-state index is -0.106. The molecule has 0 unspecified atom stereocenters. The van der Waals surface area contributed by atoms with Gasteiger partial charge < -0.3 is 19.5 Å². The molecule has 2 aliphatic heterocycles. The van der Waals surface area contributed by atoms with Crippen molar-refractivity contribution in [2.24, 2.45) is 7.05 Å². The highest BCUT2D eigenvalue weighted by molar-refractivity contribution is 5.95. The van der Waals surface area contributed by atoms with Crippen LogP contribution in [0, 0.1) is 0 Å². The van der Waals surface area contributed by atoms with Crippen molar-refractivity contribution in [3.05, 3.63) is 29.0 Å². The molecule has 1 saturated carbocycles. The van der Waals surface area contributed by atoms with E-state index in [2.05, 4.69) is 5.32 Å². The van der Waals surface area contributed by atoms with Gasteiger partial charge >= 0.3 is 0 Å². The van der Waals surface area contributed by atoms with Gasteiger partial charge in [0.25, 0.3) is 0 Å². The van der Waals surface area contributed by atoms with Crippen molar-refractivity contribution >= 4 is 11.7 Å². The van der Waals surface area contributed by atoms with E-state index in [0.29, 0.717) is 37.1 Å². The normalized spacial score (nSPS) is 21.3. The van der Waals surface area contributed by atoms with Crippen molar-refractivity contribution in [3.63, 3.8) is 0 Å². The van der Waals surface area contributed by atoms with E-state index in [4.69, 9.17) is 19.3 Å². The largest absolute Gasteiger partial charge is 0.496 e. The molecule has 1 amide bonds. The maximum Gasteiger partial charge on any atom is 0.226 e. The van der Waals surface area contributed by atoms with Gasteiger partial charge in [-0.3, -0.25) is 9.48 Å². The number of fused-ring (bicyclic) bond motifs is 2. The molecule has 1 aromatic carbocycles. The Morgan fingerprint density at radius 3 is 2.67 bits per heavy atom. The zero-order chi connectivity index (χ0) is 18.5. The number of amides is 1. The van der Waals surface area contributed by atoms with Gasteiger partial charge in [-0.05, 0) is 18.9 Å². The highest BCUT2D eigenvalue weighted by atomic mass is 16.5. The molecule has 0 bridgehead atoms. The number of carbonyl (C=O) groups excluding carboxylic acids is 1. The number of methoxy groups -OCH3 is 1. The van der Waals surface area contributed by atoms with Gasteiger partial charge in [-0.2, -0.15) is 5.10 Å². The molecule has 27 heavy (non-hydrogen) atoms. The van der Waals surface area contributed by atoms with E-state index >= 15 is 0 Å². The Balaban J connectivity index is 1.67. The quantitative estimate of drug-likeness (QED) is 0.900. The summed E-state index contributed by atoms with van der Waals surface area (Å²) in [6.07, 6.45) is 3.52. The van der Waals surface area contributed by atoms with E-state index in [1.165, 1.54) is 0 Å². The zero-order valence-electron chi connectivity index (χ0n) is 15.6. The summed E-state index contributed by atoms with van der Waals surface area (Å²) >= 11 is 0. The molecule has 142 valence electrons. The Hall–Kier alpha value is -2.70. The van der Waals surface area contributed by atoms with Crippen LogP contribution in [0.3, 0.4) is 0 Å². The SMILES string of the molecule is COc1cc2c(cc1[C@H]1CC(=O)Nc3c1c(C1CC1)nn3C)OCCCO2. The number of anilines is 1. The number of aromatic nitrogens is 2. The van der Waals surface area contributed by atoms with Gasteiger partial charge in [0, 0.05) is 48.9 Å². The first-order valence-corrected chi connectivity index (χ1v) is 9.50. The van der Waals surface area contributed by atoms with Crippen molar-refractivity contribution in [2.75, 3.05) is 25.6 Å². The summed E-state index contributed by atoms with van der Waals surface area (Å²) in [6, 6.07) is 3.87. The van der Waals surface area contributed by atoms with Gasteiger partial charge in [0.1, 0.15) is 11.6 Å². The third-order valence-corrected chi connectivity index (χ3v) is 5.55. The van der Waals surface area contributed by atoms with Gasteiger partial charge in [0.2, 0.25) is 5.91 Å². The molecule has 2 aromatic rings. The second-order valence-corrected chi connectivity index (χ2v) is 7.44. The molecule has 7 heteroatoms. The first kappa shape index (κ1) is 16.5. The number of hydrogen-bond acceptors (Lipinski definition) is 5. The molecule has 0 saturated heterocycles. The van der Waals surface area contributed by atoms with Crippen LogP contribution < -0.4 is 19.5 Å². The molecule has 0 radical (unpaired) electrons. The highest BCUT2D eigenvalue weighted by Gasteiger charge is 2.39. The second-order valence-electron chi connectivity index (χ2n) is 7.44. The van der Waals surface area contributed by atoms with E-state index in [9.17, 15) is 4.79 Å². The van der Waals surface area contributed by atoms with Crippen LogP contribution in [-0.4, -0.2) is 36.0 Å². The molecule has 1 N–H and O–H groups in total. The maximum absolute atomic E-state index is 12.5. The lowest BCUT2D eigenvalue weighted by molar-refractivity contribution is -0.116. The van der Waals surface area contributed by atoms with Crippen LogP contribution in [0.15, 0.2) is 12.1 Å². The minimum Gasteiger partial charge on any atom is -0.496 e. The fourth-order valence-electron chi connectivity index (χ4n) is 4.10. The molecular weight excluding hydrogens is 346 g/mol. The summed E-state index contributed by atoms with van der Waals surface area (Å²) in [5.74, 6) is 3.30. The molecule has 5 rings (SSSR count). The molecule has 0 spiro atoms. The van der Waals surface area contributed by atoms with Gasteiger partial charge in [-0.1, -0.05) is 0 Å². The summed E-state index contributed by atoms with van der Waals surface area (Å²) in [4.78, 5) is 12.5. The number of hydrogen-bond donors (Lipinski definition) is 1. The predicted molar refractivity (Wildman–Crippen MR) is 98.9 cm³/mol. The van der Waals surface area contributed by atoms with Crippen LogP contribution in [-0.2, 0) is 11.8 Å². The van der Waals surface area contributed by atoms with Gasteiger partial charge in [-0.15, -0.1) is 0 Å². The van der Waals surface area contributed by atoms with Crippen molar-refractivity contribution < 1.29 is 19.0 Å². The van der Waals surface area contributed by atoms with Gasteiger partial charge in [0.15, 0.2) is 11.5 Å². The second kappa shape index (κ2) is 6.18. The van der Waals surface area contributed by atoms with Crippen molar-refractivity contribution in [1.82, 2.24) is 9.78 Å². The highest BCUT2D eigenvalue weighted by Crippen LogP contribution is 2.51. The Kier molecular flexibility index (Phi) is 3.77. The third kappa shape index (κ3) is 2.72. The monoisotopic (exact) mass is 369 g/mol. The average Bonchev–Trinajstić information content (AvgIpc) is 3.48. The van der Waals surface area contributed by atoms with Crippen LogP contribution in [0.25, 0.3) is 0 Å². The predicted octanol–water partition coefficient (Wildman–Crippen LogP) is 2.94. The topological polar surface area (TPSA) is 74.6 Å². The Morgan fingerprint density at radius 1 is 1.22 bits per heavy atom. The van der Waals surface area contributed by atoms with Crippen LogP contribution in [0.4, 0.5) is 5.82 Å². The van der Waals surface area contributed by atoms with Crippen LogP contribution in [0.1, 0.15) is 54.3 Å². The van der Waals surface area contributed by atoms with E-state index in [1.54, 1.807) is 11.8 Å². The lowest BCUT2D eigenvalue weighted by Gasteiger charge is -2.26. The van der Waals surface area contributed by atoms with Crippen molar-refractivity contribution in [2.45, 2.75) is 37.5 Å². The summed E-state index contributed by atoms with van der Waals surface area (Å²) < 4.78 is 19.2. The van der Waals surface area contributed by atoms with E-state index in [0.717, 1.165) is 47.7 Å². The number of nitrogens with zero attached hydrogens (tertiary/aromatic N) is 2. The van der Waals surface area contributed by atoms with Crippen LogP contribution in [0.5, 0.6) is 17.2 Å². The standard InChI is InChI=1S/C20H23N3O4/c1-23-20-18(19(22-23)11-4-5-11)13(9-17(24)21-20)12-8-15-16(10-14(12)25-2)27-7-3-6-26-15/h8,10-11,13H,3-7,9H2,1-2H3,(H,21,24)/t13-/m1/s1. The number of nitrogens with one attached hydrogen (secondary N) is 1. The summed E-state index contributed by atoms with van der Waals surface area (Å²) in [6.45, 7) is 1.25. The maximum atomic E-state index is 12.5. The fourth-order valence-corrected chi connectivity index (χ4v) is 4.10. The zero-order valence-corrected chi connectivity index (χ0v) is 15.6.